The molecule has 52 heavy (non-hydrogen) atoms. The highest BCUT2D eigenvalue weighted by Gasteiger charge is 2.74. The van der Waals surface area contributed by atoms with Crippen molar-refractivity contribution in [1.29, 1.82) is 0 Å². The third-order valence-corrected chi connectivity index (χ3v) is 11.8. The van der Waals surface area contributed by atoms with Crippen LogP contribution in [0.3, 0.4) is 0 Å². The van der Waals surface area contributed by atoms with E-state index in [9.17, 15) is 28.8 Å². The van der Waals surface area contributed by atoms with Crippen molar-refractivity contribution >= 4 is 64.6 Å². The summed E-state index contributed by atoms with van der Waals surface area (Å²) in [5.41, 5.74) is 4.48. The first-order valence-corrected chi connectivity index (χ1v) is 18.8. The van der Waals surface area contributed by atoms with Gasteiger partial charge >= 0.3 is 6.03 Å². The summed E-state index contributed by atoms with van der Waals surface area (Å²) in [7, 11) is 0. The molecule has 2 aliphatic heterocycles. The number of aromatic nitrogens is 2. The molecule has 2 unspecified atom stereocenters. The summed E-state index contributed by atoms with van der Waals surface area (Å²) in [5, 5.41) is 8.05. The maximum absolute atomic E-state index is 14.2. The van der Waals surface area contributed by atoms with E-state index in [1.54, 1.807) is 44.1 Å². The number of carbonyl (C=O) groups excluding carboxylic acids is 6. The Labute approximate surface area is 314 Å². The second kappa shape index (κ2) is 15.7. The third-order valence-electron chi connectivity index (χ3n) is 10.7. The Morgan fingerprint density at radius 2 is 1.65 bits per heavy atom. The van der Waals surface area contributed by atoms with E-state index in [0.717, 1.165) is 25.7 Å². The number of urea groups is 1. The molecule has 4 aliphatic rings. The van der Waals surface area contributed by atoms with Crippen molar-refractivity contribution in [3.05, 3.63) is 18.5 Å². The molecule has 2 saturated heterocycles. The Bertz CT molecular complexity index is 1540. The second-order valence-corrected chi connectivity index (χ2v) is 17.5. The van der Waals surface area contributed by atoms with E-state index in [2.05, 4.69) is 44.7 Å². The number of piperazine rings is 1. The number of nitrogens with two attached hydrogens (primary N) is 1. The lowest BCUT2D eigenvalue weighted by molar-refractivity contribution is -0.144. The maximum Gasteiger partial charge on any atom is 0.315 e. The molecule has 2 saturated carbocycles. The number of hydrogen-bond acceptors (Lipinski definition) is 9. The van der Waals surface area contributed by atoms with Gasteiger partial charge in [-0.2, -0.15) is 0 Å². The van der Waals surface area contributed by atoms with E-state index in [4.69, 9.17) is 28.9 Å². The van der Waals surface area contributed by atoms with Gasteiger partial charge in [-0.05, 0) is 36.2 Å². The number of rotatable bonds is 13. The van der Waals surface area contributed by atoms with E-state index in [1.807, 2.05) is 0 Å². The molecule has 6 amide bonds. The van der Waals surface area contributed by atoms with Crippen LogP contribution in [0.1, 0.15) is 66.7 Å². The first kappa shape index (κ1) is 39.5. The first-order chi connectivity index (χ1) is 24.4. The molecule has 0 bridgehead atoms. The Balaban J connectivity index is 1.24. The van der Waals surface area contributed by atoms with Gasteiger partial charge in [0.1, 0.15) is 16.4 Å². The highest BCUT2D eigenvalue weighted by Crippen LogP contribution is 2.65. The number of halogens is 2. The topological polar surface area (TPSA) is 200 Å². The fourth-order valence-electron chi connectivity index (χ4n) is 7.68. The van der Waals surface area contributed by atoms with Crippen LogP contribution < -0.4 is 26.6 Å². The van der Waals surface area contributed by atoms with Crippen LogP contribution in [0.2, 0.25) is 0 Å². The number of Topliss-reactive ketones (excluding diaryl/α,β-unsaturated/α-hetero) is 1. The van der Waals surface area contributed by atoms with Gasteiger partial charge in [0.25, 0.3) is 5.91 Å². The largest absolute Gasteiger partial charge is 0.363 e. The van der Waals surface area contributed by atoms with Crippen molar-refractivity contribution in [3.63, 3.8) is 0 Å². The summed E-state index contributed by atoms with van der Waals surface area (Å²) in [6.45, 7) is 10.8. The predicted octanol–water partition coefficient (Wildman–Crippen LogP) is 1.61. The number of ketones is 1. The molecule has 4 fully saturated rings. The van der Waals surface area contributed by atoms with Crippen LogP contribution in [-0.4, -0.2) is 116 Å². The molecule has 2 aliphatic carbocycles. The number of nitrogens with zero attached hydrogens (tertiary/aromatic N) is 5. The summed E-state index contributed by atoms with van der Waals surface area (Å²) in [5.74, 6) is -3.48. The van der Waals surface area contributed by atoms with Crippen LogP contribution in [0, 0.1) is 29.1 Å². The lowest BCUT2D eigenvalue weighted by Gasteiger charge is -2.42. The number of anilines is 1. The maximum atomic E-state index is 14.2. The van der Waals surface area contributed by atoms with Crippen LogP contribution in [0.4, 0.5) is 10.7 Å². The minimum atomic E-state index is -1.26. The minimum Gasteiger partial charge on any atom is -0.363 e. The van der Waals surface area contributed by atoms with Crippen molar-refractivity contribution in [2.75, 3.05) is 37.6 Å². The SMILES string of the molecule is CC(C)CC1CN(c2ncccn2)CCN1C(=O)CNC(=O)N[C@H](C(=O)N1C[C@H]2[C@@H]([C@H]1C(=O)NC(CC1CCC1)C(=O)C(N)=O)C2(Cl)Cl)C(C)(C)C. The Kier molecular flexibility index (Phi) is 11.9. The van der Waals surface area contributed by atoms with E-state index >= 15 is 0 Å². The predicted molar refractivity (Wildman–Crippen MR) is 194 cm³/mol. The van der Waals surface area contributed by atoms with Crippen molar-refractivity contribution in [2.24, 2.45) is 34.8 Å². The first-order valence-electron chi connectivity index (χ1n) is 18.1. The number of alkyl halides is 2. The Hall–Kier alpha value is -3.72. The molecular formula is C35H51Cl2N9O6. The Morgan fingerprint density at radius 3 is 2.23 bits per heavy atom. The van der Waals surface area contributed by atoms with Crippen LogP contribution in [-0.2, 0) is 24.0 Å². The van der Waals surface area contributed by atoms with Crippen molar-refractivity contribution in [2.45, 2.75) is 95.2 Å². The summed E-state index contributed by atoms with van der Waals surface area (Å²) < 4.78 is -1.26. The molecule has 3 heterocycles. The fourth-order valence-corrected chi connectivity index (χ4v) is 8.50. The second-order valence-electron chi connectivity index (χ2n) is 16.1. The number of hydrogen-bond donors (Lipinski definition) is 4. The summed E-state index contributed by atoms with van der Waals surface area (Å²) in [6, 6.07) is -2.49. The number of fused-ring (bicyclic) bond motifs is 1. The van der Waals surface area contributed by atoms with E-state index in [-0.39, 0.29) is 37.4 Å². The van der Waals surface area contributed by atoms with Gasteiger partial charge in [-0.3, -0.25) is 24.0 Å². The van der Waals surface area contributed by atoms with Gasteiger partial charge in [0.2, 0.25) is 29.5 Å². The summed E-state index contributed by atoms with van der Waals surface area (Å²) >= 11 is 13.1. The van der Waals surface area contributed by atoms with Gasteiger partial charge in [-0.1, -0.05) is 53.9 Å². The summed E-state index contributed by atoms with van der Waals surface area (Å²) in [6.07, 6.45) is 7.11. The number of carbonyl (C=O) groups is 6. The van der Waals surface area contributed by atoms with Gasteiger partial charge in [0, 0.05) is 56.5 Å². The van der Waals surface area contributed by atoms with Gasteiger partial charge in [-0.15, -0.1) is 23.2 Å². The lowest BCUT2D eigenvalue weighted by Crippen LogP contribution is -2.62. The molecule has 0 spiro atoms. The normalized spacial score (nSPS) is 25.0. The van der Waals surface area contributed by atoms with Gasteiger partial charge in [0.05, 0.1) is 12.6 Å². The van der Waals surface area contributed by atoms with Gasteiger partial charge < -0.3 is 36.4 Å². The molecule has 0 radical (unpaired) electrons. The molecule has 1 aromatic heterocycles. The monoisotopic (exact) mass is 763 g/mol. The van der Waals surface area contributed by atoms with Gasteiger partial charge in [-0.25, -0.2) is 14.8 Å². The Morgan fingerprint density at radius 1 is 0.981 bits per heavy atom. The smallest absolute Gasteiger partial charge is 0.315 e. The lowest BCUT2D eigenvalue weighted by atomic mass is 9.80. The molecule has 17 heteroatoms. The number of likely N-dealkylation sites (tertiary alicyclic amines) is 1. The number of nitrogens with one attached hydrogen (secondary N) is 3. The third kappa shape index (κ3) is 8.73. The molecule has 5 rings (SSSR count). The average molecular weight is 765 g/mol. The van der Waals surface area contributed by atoms with Crippen molar-refractivity contribution < 1.29 is 28.8 Å². The molecular weight excluding hydrogens is 713 g/mol. The zero-order valence-corrected chi connectivity index (χ0v) is 32.0. The van der Waals surface area contributed by atoms with Crippen LogP contribution in [0.5, 0.6) is 0 Å². The van der Waals surface area contributed by atoms with Crippen LogP contribution >= 0.6 is 23.2 Å². The zero-order valence-electron chi connectivity index (χ0n) is 30.4. The van der Waals surface area contributed by atoms with Crippen LogP contribution in [0.15, 0.2) is 18.5 Å². The quantitative estimate of drug-likeness (QED) is 0.170. The van der Waals surface area contributed by atoms with E-state index in [1.165, 1.54) is 4.90 Å². The molecule has 5 N–H and O–H groups in total. The molecule has 6 atom stereocenters. The highest BCUT2D eigenvalue weighted by molar-refractivity contribution is 6.51. The van der Waals surface area contributed by atoms with Crippen LogP contribution in [0.25, 0.3) is 0 Å². The highest BCUT2D eigenvalue weighted by atomic mass is 35.5. The average Bonchev–Trinajstić information content (AvgIpc) is 3.36. The molecule has 15 nitrogen and oxygen atoms in total. The van der Waals surface area contributed by atoms with Gasteiger partial charge in [0.15, 0.2) is 0 Å². The van der Waals surface area contributed by atoms with Crippen molar-refractivity contribution in [3.8, 4) is 0 Å². The number of primary amides is 1. The van der Waals surface area contributed by atoms with Crippen molar-refractivity contribution in [1.82, 2.24) is 35.7 Å². The molecule has 0 aromatic carbocycles. The minimum absolute atomic E-state index is 0.0528. The summed E-state index contributed by atoms with van der Waals surface area (Å²) in [4.78, 5) is 93.3. The fraction of sp³-hybridized carbons (Fsp3) is 0.714. The molecule has 1 aromatic rings. The van der Waals surface area contributed by atoms with E-state index < -0.39 is 69.2 Å². The number of amides is 6. The molecule has 286 valence electrons. The number of piperidine rings is 1. The van der Waals surface area contributed by atoms with E-state index in [0.29, 0.717) is 31.5 Å². The zero-order chi connectivity index (χ0) is 38.1. The standard InChI is InChI=1S/C35H51Cl2N9O6/c1-19(2)14-21-17-44(32-39-10-7-11-40-32)12-13-45(21)24(47)16-41-33(52)43-28(34(3,4)5)31(51)46-18-22-25(35(22,36)37)26(46)30(50)42-23(27(48)29(38)49)15-20-8-6-9-20/h7,10-11,19-23,25-26,28H,6,8-9,12-18H2,1-5H3,(H2,38,49)(H,42,50)(H2,41,43,52)/t21?,22-,23?,25-,26-,28+/m0/s1.